The molecule has 1 aromatic rings. The van der Waals surface area contributed by atoms with E-state index in [-0.39, 0.29) is 0 Å². The monoisotopic (exact) mass is 263 g/mol. The van der Waals surface area contributed by atoms with Crippen LogP contribution in [0.3, 0.4) is 0 Å². The van der Waals surface area contributed by atoms with Crippen molar-refractivity contribution in [2.45, 2.75) is 64.4 Å². The minimum Gasteiger partial charge on any atom is -0.494 e. The topological polar surface area (TPSA) is 9.23 Å². The number of rotatable bonds is 8. The minimum absolute atomic E-state index is 0.441. The number of ether oxygens (including phenoxy) is 1. The summed E-state index contributed by atoms with van der Waals surface area (Å²) in [5.74, 6) is 1.00. The normalized spacial score (nSPS) is 13.3. The van der Waals surface area contributed by atoms with Gasteiger partial charge >= 0.3 is 0 Å². The smallest absolute Gasteiger partial charge is 0.119 e. The zero-order chi connectivity index (χ0) is 13.4. The van der Waals surface area contributed by atoms with Crippen LogP contribution in [0.4, 0.5) is 0 Å². The Kier molecular flexibility index (Phi) is 6.48. The highest BCUT2D eigenvalue weighted by molar-refractivity contribution is 6.78. The summed E-state index contributed by atoms with van der Waals surface area (Å²) in [5.41, 5.74) is 0.441. The fourth-order valence-electron chi connectivity index (χ4n) is 2.28. The fraction of sp³-hybridized carbons (Fsp3) is 0.625. The first-order chi connectivity index (χ1) is 8.60. The van der Waals surface area contributed by atoms with Crippen LogP contribution in [0.2, 0.25) is 19.1 Å². The highest BCUT2D eigenvalue weighted by atomic mass is 28.3. The molecule has 0 N–H and O–H groups in total. The lowest BCUT2D eigenvalue weighted by molar-refractivity contribution is 0.255. The van der Waals surface area contributed by atoms with Gasteiger partial charge < -0.3 is 4.74 Å². The summed E-state index contributed by atoms with van der Waals surface area (Å²) in [7, 11) is -1.29. The maximum atomic E-state index is 6.26. The molecule has 101 valence electrons. The van der Waals surface area contributed by atoms with Gasteiger partial charge in [0, 0.05) is 0 Å². The molecule has 0 fully saturated rings. The molecular formula is C16H27OSi. The van der Waals surface area contributed by atoms with Crippen LogP contribution in [0, 0.1) is 6.07 Å². The van der Waals surface area contributed by atoms with Crippen LogP contribution < -0.4 is 4.74 Å². The first kappa shape index (κ1) is 15.3. The number of hydrogen-bond donors (Lipinski definition) is 0. The molecule has 0 aromatic heterocycles. The Hall–Kier alpha value is -0.763. The van der Waals surface area contributed by atoms with E-state index in [1.165, 1.54) is 31.7 Å². The van der Waals surface area contributed by atoms with E-state index in [9.17, 15) is 0 Å². The van der Waals surface area contributed by atoms with E-state index in [0.717, 1.165) is 5.75 Å². The maximum absolute atomic E-state index is 6.26. The molecule has 0 saturated heterocycles. The van der Waals surface area contributed by atoms with Crippen LogP contribution in [-0.4, -0.2) is 13.8 Å². The zero-order valence-corrected chi connectivity index (χ0v) is 13.3. The highest BCUT2D eigenvalue weighted by Gasteiger charge is 2.32. The fourth-order valence-corrected chi connectivity index (χ4v) is 5.39. The molecule has 1 radical (unpaired) electrons. The lowest BCUT2D eigenvalue weighted by Gasteiger charge is -2.33. The van der Waals surface area contributed by atoms with Crippen molar-refractivity contribution in [3.8, 4) is 5.75 Å². The van der Waals surface area contributed by atoms with E-state index < -0.39 is 8.07 Å². The van der Waals surface area contributed by atoms with Gasteiger partial charge in [0.05, 0.1) is 13.8 Å². The Balaban J connectivity index is 2.69. The van der Waals surface area contributed by atoms with Crippen LogP contribution >= 0.6 is 0 Å². The summed E-state index contributed by atoms with van der Waals surface area (Å²) >= 11 is 0. The van der Waals surface area contributed by atoms with Crippen LogP contribution in [0.25, 0.3) is 0 Å². The SMILES string of the molecule is CCCC[Si](C)(C)C(CCC)Oc1cc[c]cc1. The van der Waals surface area contributed by atoms with E-state index >= 15 is 0 Å². The molecule has 0 spiro atoms. The van der Waals surface area contributed by atoms with Gasteiger partial charge in [-0.25, -0.2) is 0 Å². The van der Waals surface area contributed by atoms with Gasteiger partial charge in [0.15, 0.2) is 0 Å². The van der Waals surface area contributed by atoms with E-state index in [1.807, 2.05) is 24.3 Å². The van der Waals surface area contributed by atoms with E-state index in [0.29, 0.717) is 5.73 Å². The number of hydrogen-bond acceptors (Lipinski definition) is 1. The van der Waals surface area contributed by atoms with Gasteiger partial charge in [-0.3, -0.25) is 0 Å². The second kappa shape index (κ2) is 7.62. The van der Waals surface area contributed by atoms with Gasteiger partial charge in [-0.05, 0) is 24.6 Å². The van der Waals surface area contributed by atoms with E-state index in [2.05, 4.69) is 33.0 Å². The summed E-state index contributed by atoms with van der Waals surface area (Å²) in [6.45, 7) is 9.46. The molecule has 0 aliphatic heterocycles. The molecule has 0 saturated carbocycles. The molecule has 0 aliphatic carbocycles. The van der Waals surface area contributed by atoms with Gasteiger partial charge in [-0.15, -0.1) is 0 Å². The molecule has 1 atom stereocenters. The average molecular weight is 263 g/mol. The Morgan fingerprint density at radius 3 is 2.39 bits per heavy atom. The Morgan fingerprint density at radius 2 is 1.83 bits per heavy atom. The van der Waals surface area contributed by atoms with Gasteiger partial charge in [0.25, 0.3) is 0 Å². The molecule has 0 bridgehead atoms. The Morgan fingerprint density at radius 1 is 1.17 bits per heavy atom. The van der Waals surface area contributed by atoms with Crippen LogP contribution in [-0.2, 0) is 0 Å². The number of benzene rings is 1. The first-order valence-corrected chi connectivity index (χ1v) is 10.5. The van der Waals surface area contributed by atoms with Crippen molar-refractivity contribution >= 4 is 8.07 Å². The summed E-state index contributed by atoms with van der Waals surface area (Å²) < 4.78 is 6.26. The Labute approximate surface area is 114 Å². The van der Waals surface area contributed by atoms with Crippen molar-refractivity contribution in [1.82, 2.24) is 0 Å². The van der Waals surface area contributed by atoms with Crippen LogP contribution in [0.5, 0.6) is 5.75 Å². The predicted molar refractivity (Wildman–Crippen MR) is 81.8 cm³/mol. The molecule has 1 nitrogen and oxygen atoms in total. The van der Waals surface area contributed by atoms with Crippen molar-refractivity contribution in [2.24, 2.45) is 0 Å². The van der Waals surface area contributed by atoms with Gasteiger partial charge in [0.1, 0.15) is 5.75 Å². The molecule has 0 amide bonds. The van der Waals surface area contributed by atoms with Crippen LogP contribution in [0.1, 0.15) is 39.5 Å². The third kappa shape index (κ3) is 4.85. The lowest BCUT2D eigenvalue weighted by atomic mass is 10.3. The third-order valence-corrected chi connectivity index (χ3v) is 7.36. The Bertz CT molecular complexity index is 321. The third-order valence-electron chi connectivity index (χ3n) is 3.56. The average Bonchev–Trinajstić information content (AvgIpc) is 2.37. The summed E-state index contributed by atoms with van der Waals surface area (Å²) in [5, 5.41) is 0. The van der Waals surface area contributed by atoms with Crippen molar-refractivity contribution < 1.29 is 4.74 Å². The van der Waals surface area contributed by atoms with Gasteiger partial charge in [-0.2, -0.15) is 0 Å². The second-order valence-electron chi connectivity index (χ2n) is 5.72. The second-order valence-corrected chi connectivity index (χ2v) is 10.8. The summed E-state index contributed by atoms with van der Waals surface area (Å²) in [6, 6.07) is 12.3. The van der Waals surface area contributed by atoms with Gasteiger partial charge in [0.2, 0.25) is 0 Å². The van der Waals surface area contributed by atoms with Crippen molar-refractivity contribution in [1.29, 1.82) is 0 Å². The zero-order valence-electron chi connectivity index (χ0n) is 12.3. The number of unbranched alkanes of at least 4 members (excludes halogenated alkanes) is 1. The minimum atomic E-state index is -1.29. The van der Waals surface area contributed by atoms with E-state index in [1.54, 1.807) is 0 Å². The van der Waals surface area contributed by atoms with Gasteiger partial charge in [-0.1, -0.05) is 64.4 Å². The predicted octanol–water partition coefficient (Wildman–Crippen LogP) is 5.08. The molecule has 18 heavy (non-hydrogen) atoms. The molecule has 1 unspecified atom stereocenters. The quantitative estimate of drug-likeness (QED) is 0.594. The molecule has 2 heteroatoms. The van der Waals surface area contributed by atoms with Crippen LogP contribution in [0.15, 0.2) is 24.3 Å². The maximum Gasteiger partial charge on any atom is 0.119 e. The van der Waals surface area contributed by atoms with E-state index in [4.69, 9.17) is 4.74 Å². The molecule has 0 heterocycles. The molecule has 0 aliphatic rings. The largest absolute Gasteiger partial charge is 0.494 e. The first-order valence-electron chi connectivity index (χ1n) is 7.23. The standard InChI is InChI=1S/C16H27OSi/c1-5-7-14-18(3,4)16(11-6-2)17-15-12-9-8-10-13-15/h9-10,12-13,16H,5-7,11,14H2,1-4H3. The van der Waals surface area contributed by atoms with Crippen molar-refractivity contribution in [3.05, 3.63) is 30.3 Å². The van der Waals surface area contributed by atoms with Crippen molar-refractivity contribution in [2.75, 3.05) is 0 Å². The highest BCUT2D eigenvalue weighted by Crippen LogP contribution is 2.25. The molecule has 1 aromatic carbocycles. The molecule has 1 rings (SSSR count). The molecular weight excluding hydrogens is 236 g/mol. The lowest BCUT2D eigenvalue weighted by Crippen LogP contribution is -2.45. The summed E-state index contributed by atoms with van der Waals surface area (Å²) in [6.07, 6.45) is 5.01. The summed E-state index contributed by atoms with van der Waals surface area (Å²) in [4.78, 5) is 0. The van der Waals surface area contributed by atoms with Crippen molar-refractivity contribution in [3.63, 3.8) is 0 Å².